The lowest BCUT2D eigenvalue weighted by molar-refractivity contribution is -0.0753. The molecule has 0 aromatic carbocycles. The summed E-state index contributed by atoms with van der Waals surface area (Å²) < 4.78 is 12.6. The molecule has 0 aromatic rings. The maximum atomic E-state index is 6.55. The summed E-state index contributed by atoms with van der Waals surface area (Å²) in [6, 6.07) is 0. The van der Waals surface area contributed by atoms with E-state index >= 15 is 0 Å². The smallest absolute Gasteiger partial charge is 0.0642 e. The van der Waals surface area contributed by atoms with Crippen molar-refractivity contribution < 1.29 is 9.47 Å². The van der Waals surface area contributed by atoms with E-state index in [4.69, 9.17) is 9.47 Å². The minimum atomic E-state index is 0.374. The standard InChI is InChI=1S/C21H39O2/c1-14(2)17-10-12-22-13-19(16(5)6)20(17)21-18(15(3)4)9-7-8-11-23-21/h9,14-21H,7-8,10-13H2,1-6H3. The molecule has 2 nitrogen and oxygen atoms in total. The molecular formula is C21H39O2. The topological polar surface area (TPSA) is 18.5 Å². The van der Waals surface area contributed by atoms with Crippen LogP contribution >= 0.6 is 0 Å². The van der Waals surface area contributed by atoms with E-state index in [0.29, 0.717) is 47.5 Å². The van der Waals surface area contributed by atoms with E-state index in [2.05, 4.69) is 48.0 Å². The first kappa shape index (κ1) is 19.2. The minimum Gasteiger partial charge on any atom is -0.381 e. The fourth-order valence-corrected chi connectivity index (χ4v) is 4.84. The lowest BCUT2D eigenvalue weighted by Crippen LogP contribution is -2.45. The Balaban J connectivity index is 2.35. The normalized spacial score (nSPS) is 37.2. The third kappa shape index (κ3) is 4.72. The highest BCUT2D eigenvalue weighted by molar-refractivity contribution is 4.97. The molecule has 5 unspecified atom stereocenters. The molecule has 2 aliphatic rings. The Labute approximate surface area is 144 Å². The molecule has 135 valence electrons. The summed E-state index contributed by atoms with van der Waals surface area (Å²) in [5.41, 5.74) is 0. The molecule has 0 bridgehead atoms. The molecule has 2 heteroatoms. The maximum absolute atomic E-state index is 6.55. The van der Waals surface area contributed by atoms with E-state index in [-0.39, 0.29) is 0 Å². The van der Waals surface area contributed by atoms with E-state index in [1.165, 1.54) is 19.3 Å². The Hall–Kier alpha value is -0.0800. The Morgan fingerprint density at radius 2 is 1.57 bits per heavy atom. The zero-order valence-corrected chi connectivity index (χ0v) is 16.3. The van der Waals surface area contributed by atoms with Crippen molar-refractivity contribution in [2.75, 3.05) is 19.8 Å². The van der Waals surface area contributed by atoms with Crippen LogP contribution in [0, 0.1) is 47.8 Å². The van der Waals surface area contributed by atoms with Gasteiger partial charge in [0.25, 0.3) is 0 Å². The van der Waals surface area contributed by atoms with Crippen LogP contribution in [0.15, 0.2) is 0 Å². The molecule has 2 heterocycles. The van der Waals surface area contributed by atoms with E-state index in [1.807, 2.05) is 0 Å². The van der Waals surface area contributed by atoms with Crippen molar-refractivity contribution in [3.63, 3.8) is 0 Å². The highest BCUT2D eigenvalue weighted by Crippen LogP contribution is 2.44. The summed E-state index contributed by atoms with van der Waals surface area (Å²) in [6.45, 7) is 17.0. The molecule has 0 spiro atoms. The molecule has 23 heavy (non-hydrogen) atoms. The summed E-state index contributed by atoms with van der Waals surface area (Å²) in [4.78, 5) is 0. The molecule has 2 saturated heterocycles. The minimum absolute atomic E-state index is 0.374. The van der Waals surface area contributed by atoms with E-state index < -0.39 is 0 Å². The summed E-state index contributed by atoms with van der Waals surface area (Å²) in [5, 5.41) is 0. The Bertz CT molecular complexity index is 319. The zero-order valence-electron chi connectivity index (χ0n) is 16.3. The van der Waals surface area contributed by atoms with Gasteiger partial charge >= 0.3 is 0 Å². The van der Waals surface area contributed by atoms with Gasteiger partial charge in [0.15, 0.2) is 0 Å². The monoisotopic (exact) mass is 323 g/mol. The van der Waals surface area contributed by atoms with E-state index in [9.17, 15) is 0 Å². The number of hydrogen-bond donors (Lipinski definition) is 0. The van der Waals surface area contributed by atoms with Crippen LogP contribution in [0.3, 0.4) is 0 Å². The fourth-order valence-electron chi connectivity index (χ4n) is 4.84. The van der Waals surface area contributed by atoms with Gasteiger partial charge in [0.2, 0.25) is 0 Å². The first-order valence-electron chi connectivity index (χ1n) is 9.96. The molecule has 2 fully saturated rings. The first-order chi connectivity index (χ1) is 10.9. The molecule has 0 amide bonds. The van der Waals surface area contributed by atoms with Gasteiger partial charge in [-0.25, -0.2) is 0 Å². The van der Waals surface area contributed by atoms with Gasteiger partial charge in [0, 0.05) is 19.8 Å². The molecule has 1 radical (unpaired) electrons. The third-order valence-corrected chi connectivity index (χ3v) is 6.23. The molecule has 0 saturated carbocycles. The molecule has 0 aromatic heterocycles. The second-order valence-corrected chi connectivity index (χ2v) is 8.79. The van der Waals surface area contributed by atoms with Crippen molar-refractivity contribution in [1.82, 2.24) is 0 Å². The number of hydrogen-bond acceptors (Lipinski definition) is 2. The SMILES string of the molecule is CC(C)C1[CH]CCCOC1C1C(C(C)C)CCOCC1C(C)C. The quantitative estimate of drug-likeness (QED) is 0.706. The van der Waals surface area contributed by atoms with Crippen molar-refractivity contribution in [1.29, 1.82) is 0 Å². The summed E-state index contributed by atoms with van der Waals surface area (Å²) in [7, 11) is 0. The predicted molar refractivity (Wildman–Crippen MR) is 97.2 cm³/mol. The molecule has 0 N–H and O–H groups in total. The van der Waals surface area contributed by atoms with Crippen molar-refractivity contribution in [2.24, 2.45) is 41.4 Å². The van der Waals surface area contributed by atoms with Crippen LogP contribution < -0.4 is 0 Å². The second kappa shape index (κ2) is 8.85. The zero-order chi connectivity index (χ0) is 17.0. The molecule has 5 atom stereocenters. The van der Waals surface area contributed by atoms with Crippen molar-refractivity contribution in [3.8, 4) is 0 Å². The van der Waals surface area contributed by atoms with Crippen molar-refractivity contribution >= 4 is 0 Å². The van der Waals surface area contributed by atoms with Crippen LogP contribution in [0.4, 0.5) is 0 Å². The van der Waals surface area contributed by atoms with E-state index in [1.54, 1.807) is 0 Å². The average Bonchev–Trinajstić information content (AvgIpc) is 2.84. The summed E-state index contributed by atoms with van der Waals surface area (Å²) >= 11 is 0. The average molecular weight is 324 g/mol. The molecule has 2 aliphatic heterocycles. The highest BCUT2D eigenvalue weighted by Gasteiger charge is 2.44. The molecular weight excluding hydrogens is 284 g/mol. The van der Waals surface area contributed by atoms with Crippen LogP contribution in [0.25, 0.3) is 0 Å². The van der Waals surface area contributed by atoms with Gasteiger partial charge in [0.1, 0.15) is 0 Å². The van der Waals surface area contributed by atoms with Crippen LogP contribution in [-0.4, -0.2) is 25.9 Å². The number of ether oxygens (including phenoxy) is 2. The number of rotatable bonds is 4. The molecule has 2 rings (SSSR count). The third-order valence-electron chi connectivity index (χ3n) is 6.23. The van der Waals surface area contributed by atoms with Gasteiger partial charge in [-0.05, 0) is 67.1 Å². The molecule has 0 aliphatic carbocycles. The van der Waals surface area contributed by atoms with Crippen molar-refractivity contribution in [3.05, 3.63) is 6.42 Å². The van der Waals surface area contributed by atoms with Crippen LogP contribution in [0.1, 0.15) is 60.8 Å². The van der Waals surface area contributed by atoms with Gasteiger partial charge in [-0.3, -0.25) is 0 Å². The largest absolute Gasteiger partial charge is 0.381 e. The fraction of sp³-hybridized carbons (Fsp3) is 0.952. The lowest BCUT2D eigenvalue weighted by Gasteiger charge is -2.44. The van der Waals surface area contributed by atoms with Crippen LogP contribution in [0.2, 0.25) is 0 Å². The maximum Gasteiger partial charge on any atom is 0.0642 e. The predicted octanol–water partition coefficient (Wildman–Crippen LogP) is 5.22. The van der Waals surface area contributed by atoms with Crippen LogP contribution in [0.5, 0.6) is 0 Å². The van der Waals surface area contributed by atoms with Crippen LogP contribution in [-0.2, 0) is 9.47 Å². The Morgan fingerprint density at radius 1 is 0.870 bits per heavy atom. The van der Waals surface area contributed by atoms with Gasteiger partial charge in [0.05, 0.1) is 6.10 Å². The second-order valence-electron chi connectivity index (χ2n) is 8.79. The van der Waals surface area contributed by atoms with E-state index in [0.717, 1.165) is 19.8 Å². The lowest BCUT2D eigenvalue weighted by atomic mass is 9.65. The summed E-state index contributed by atoms with van der Waals surface area (Å²) in [6.07, 6.45) is 6.53. The van der Waals surface area contributed by atoms with Gasteiger partial charge < -0.3 is 9.47 Å². The van der Waals surface area contributed by atoms with Gasteiger partial charge in [-0.15, -0.1) is 0 Å². The Morgan fingerprint density at radius 3 is 2.17 bits per heavy atom. The van der Waals surface area contributed by atoms with Crippen molar-refractivity contribution in [2.45, 2.75) is 66.9 Å². The first-order valence-corrected chi connectivity index (χ1v) is 9.96. The summed E-state index contributed by atoms with van der Waals surface area (Å²) in [5.74, 6) is 4.54. The highest BCUT2D eigenvalue weighted by atomic mass is 16.5. The Kier molecular flexibility index (Phi) is 7.41. The van der Waals surface area contributed by atoms with Gasteiger partial charge in [-0.1, -0.05) is 41.5 Å². The van der Waals surface area contributed by atoms with Gasteiger partial charge in [-0.2, -0.15) is 0 Å².